The molecule has 24 heavy (non-hydrogen) atoms. The number of rotatable bonds is 2. The van der Waals surface area contributed by atoms with Crippen LogP contribution in [0.5, 0.6) is 0 Å². The van der Waals surface area contributed by atoms with E-state index >= 15 is 0 Å². The van der Waals surface area contributed by atoms with Crippen LogP contribution in [-0.2, 0) is 0 Å². The molecule has 0 saturated carbocycles. The third-order valence-corrected chi connectivity index (χ3v) is 4.61. The predicted octanol–water partition coefficient (Wildman–Crippen LogP) is 2.83. The number of H-pyrrole nitrogens is 1. The minimum absolute atomic E-state index is 0.0663. The van der Waals surface area contributed by atoms with Gasteiger partial charge >= 0.3 is 0 Å². The van der Waals surface area contributed by atoms with Gasteiger partial charge in [-0.1, -0.05) is 18.2 Å². The zero-order valence-corrected chi connectivity index (χ0v) is 13.7. The van der Waals surface area contributed by atoms with Gasteiger partial charge in [0.25, 0.3) is 5.91 Å². The molecule has 3 aromatic rings. The Balaban J connectivity index is 1.49. The molecule has 0 bridgehead atoms. The smallest absolute Gasteiger partial charge is 0.256 e. The Kier molecular flexibility index (Phi) is 3.69. The number of aromatic amines is 1. The molecule has 2 aromatic carbocycles. The Morgan fingerprint density at radius 3 is 2.67 bits per heavy atom. The Hall–Kier alpha value is -2.82. The fourth-order valence-corrected chi connectivity index (χ4v) is 3.30. The van der Waals surface area contributed by atoms with E-state index in [2.05, 4.69) is 46.1 Å². The van der Waals surface area contributed by atoms with Gasteiger partial charge in [0.15, 0.2) is 0 Å². The van der Waals surface area contributed by atoms with Gasteiger partial charge in [0.1, 0.15) is 5.52 Å². The molecule has 4 rings (SSSR count). The summed E-state index contributed by atoms with van der Waals surface area (Å²) in [5, 5.41) is 0. The fourth-order valence-electron chi connectivity index (χ4n) is 3.30. The van der Waals surface area contributed by atoms with Crippen molar-refractivity contribution in [2.75, 3.05) is 31.1 Å². The van der Waals surface area contributed by atoms with Gasteiger partial charge in [-0.2, -0.15) is 0 Å². The average Bonchev–Trinajstić information content (AvgIpc) is 3.10. The molecular weight excluding hydrogens is 300 g/mol. The number of carbonyl (C=O) groups is 1. The molecule has 1 aliphatic heterocycles. The van der Waals surface area contributed by atoms with Crippen molar-refractivity contribution >= 4 is 22.6 Å². The minimum Gasteiger partial charge on any atom is -0.368 e. The molecule has 122 valence electrons. The van der Waals surface area contributed by atoms with E-state index in [9.17, 15) is 4.79 Å². The molecule has 5 nitrogen and oxygen atoms in total. The normalized spacial score (nSPS) is 15.0. The Morgan fingerprint density at radius 2 is 1.88 bits per heavy atom. The standard InChI is InChI=1S/C19H20N4O/c1-14-4-2-5-15(12-14)22-8-10-23(11-9-22)19(24)16-6-3-7-17-18(16)21-13-20-17/h2-7,12-13H,8-11H2,1H3,(H,20,21). The summed E-state index contributed by atoms with van der Waals surface area (Å²) in [6.07, 6.45) is 1.64. The third kappa shape index (κ3) is 2.62. The lowest BCUT2D eigenvalue weighted by molar-refractivity contribution is 0.0748. The van der Waals surface area contributed by atoms with Crippen molar-refractivity contribution in [2.24, 2.45) is 0 Å². The molecule has 0 spiro atoms. The largest absolute Gasteiger partial charge is 0.368 e. The Bertz CT molecular complexity index is 878. The van der Waals surface area contributed by atoms with Gasteiger partial charge in [0.2, 0.25) is 0 Å². The number of aromatic nitrogens is 2. The van der Waals surface area contributed by atoms with Crippen LogP contribution in [0.1, 0.15) is 15.9 Å². The van der Waals surface area contributed by atoms with E-state index in [1.807, 2.05) is 23.1 Å². The number of hydrogen-bond acceptors (Lipinski definition) is 3. The number of fused-ring (bicyclic) bond motifs is 1. The van der Waals surface area contributed by atoms with Crippen molar-refractivity contribution in [2.45, 2.75) is 6.92 Å². The number of nitrogens with one attached hydrogen (secondary N) is 1. The maximum Gasteiger partial charge on any atom is 0.256 e. The first-order valence-corrected chi connectivity index (χ1v) is 8.25. The van der Waals surface area contributed by atoms with Gasteiger partial charge < -0.3 is 14.8 Å². The molecule has 1 aliphatic rings. The number of imidazole rings is 1. The number of amides is 1. The van der Waals surface area contributed by atoms with E-state index in [0.717, 1.165) is 37.2 Å². The molecule has 0 radical (unpaired) electrons. The highest BCUT2D eigenvalue weighted by Crippen LogP contribution is 2.20. The van der Waals surface area contributed by atoms with Gasteiger partial charge in [0.05, 0.1) is 17.4 Å². The number of carbonyl (C=O) groups excluding carboxylic acids is 1. The summed E-state index contributed by atoms with van der Waals surface area (Å²) in [6, 6.07) is 14.2. The molecular formula is C19H20N4O. The highest BCUT2D eigenvalue weighted by Gasteiger charge is 2.24. The van der Waals surface area contributed by atoms with Gasteiger partial charge in [0, 0.05) is 31.9 Å². The van der Waals surface area contributed by atoms with Crippen molar-refractivity contribution in [3.8, 4) is 0 Å². The molecule has 1 fully saturated rings. The lowest BCUT2D eigenvalue weighted by Crippen LogP contribution is -2.48. The van der Waals surface area contributed by atoms with Crippen LogP contribution in [0.3, 0.4) is 0 Å². The molecule has 1 aromatic heterocycles. The number of anilines is 1. The van der Waals surface area contributed by atoms with Crippen LogP contribution in [0.15, 0.2) is 48.8 Å². The lowest BCUT2D eigenvalue weighted by Gasteiger charge is -2.36. The minimum atomic E-state index is 0.0663. The van der Waals surface area contributed by atoms with E-state index in [1.54, 1.807) is 6.33 Å². The number of aryl methyl sites for hydroxylation is 1. The summed E-state index contributed by atoms with van der Waals surface area (Å²) in [7, 11) is 0. The first kappa shape index (κ1) is 14.8. The van der Waals surface area contributed by atoms with Gasteiger partial charge in [-0.15, -0.1) is 0 Å². The average molecular weight is 320 g/mol. The summed E-state index contributed by atoms with van der Waals surface area (Å²) in [5.74, 6) is 0.0663. The van der Waals surface area contributed by atoms with Crippen LogP contribution in [0, 0.1) is 6.92 Å². The first-order chi connectivity index (χ1) is 11.7. The lowest BCUT2D eigenvalue weighted by atomic mass is 10.1. The molecule has 5 heteroatoms. The summed E-state index contributed by atoms with van der Waals surface area (Å²) in [6.45, 7) is 5.27. The number of para-hydroxylation sites is 1. The third-order valence-electron chi connectivity index (χ3n) is 4.61. The molecule has 2 heterocycles. The maximum atomic E-state index is 12.9. The fraction of sp³-hybridized carbons (Fsp3) is 0.263. The second kappa shape index (κ2) is 6.00. The molecule has 1 amide bonds. The monoisotopic (exact) mass is 320 g/mol. The maximum absolute atomic E-state index is 12.9. The van der Waals surface area contributed by atoms with E-state index in [1.165, 1.54) is 11.3 Å². The SMILES string of the molecule is Cc1cccc(N2CCN(C(=O)c3cccc4[nH]cnc34)CC2)c1. The van der Waals surface area contributed by atoms with Gasteiger partial charge in [-0.3, -0.25) is 4.79 Å². The van der Waals surface area contributed by atoms with Crippen LogP contribution in [0.4, 0.5) is 5.69 Å². The van der Waals surface area contributed by atoms with E-state index in [4.69, 9.17) is 0 Å². The molecule has 0 unspecified atom stereocenters. The summed E-state index contributed by atoms with van der Waals surface area (Å²) < 4.78 is 0. The van der Waals surface area contributed by atoms with Crippen LogP contribution in [-0.4, -0.2) is 47.0 Å². The zero-order valence-electron chi connectivity index (χ0n) is 13.7. The predicted molar refractivity (Wildman–Crippen MR) is 95.4 cm³/mol. The van der Waals surface area contributed by atoms with Crippen LogP contribution < -0.4 is 4.90 Å². The summed E-state index contributed by atoms with van der Waals surface area (Å²) >= 11 is 0. The quantitative estimate of drug-likeness (QED) is 0.790. The molecule has 0 atom stereocenters. The summed E-state index contributed by atoms with van der Waals surface area (Å²) in [5.41, 5.74) is 4.83. The number of hydrogen-bond donors (Lipinski definition) is 1. The van der Waals surface area contributed by atoms with Crippen molar-refractivity contribution in [3.63, 3.8) is 0 Å². The second-order valence-electron chi connectivity index (χ2n) is 6.22. The number of nitrogens with zero attached hydrogens (tertiary/aromatic N) is 3. The number of benzene rings is 2. The Labute approximate surface area is 140 Å². The molecule has 0 aliphatic carbocycles. The van der Waals surface area contributed by atoms with Crippen molar-refractivity contribution in [3.05, 3.63) is 59.9 Å². The van der Waals surface area contributed by atoms with E-state index in [-0.39, 0.29) is 5.91 Å². The van der Waals surface area contributed by atoms with Crippen LogP contribution in [0.2, 0.25) is 0 Å². The Morgan fingerprint density at radius 1 is 1.08 bits per heavy atom. The van der Waals surface area contributed by atoms with Gasteiger partial charge in [-0.05, 0) is 36.8 Å². The van der Waals surface area contributed by atoms with Crippen molar-refractivity contribution in [1.82, 2.24) is 14.9 Å². The second-order valence-corrected chi connectivity index (χ2v) is 6.22. The first-order valence-electron chi connectivity index (χ1n) is 8.25. The zero-order chi connectivity index (χ0) is 16.5. The number of piperazine rings is 1. The molecule has 1 N–H and O–H groups in total. The van der Waals surface area contributed by atoms with Crippen molar-refractivity contribution < 1.29 is 4.79 Å². The molecule has 1 saturated heterocycles. The topological polar surface area (TPSA) is 52.2 Å². The summed E-state index contributed by atoms with van der Waals surface area (Å²) in [4.78, 5) is 24.5. The highest BCUT2D eigenvalue weighted by atomic mass is 16.2. The van der Waals surface area contributed by atoms with Crippen molar-refractivity contribution in [1.29, 1.82) is 0 Å². The van der Waals surface area contributed by atoms with E-state index in [0.29, 0.717) is 5.56 Å². The van der Waals surface area contributed by atoms with Gasteiger partial charge in [-0.25, -0.2) is 4.98 Å². The van der Waals surface area contributed by atoms with Crippen LogP contribution in [0.25, 0.3) is 11.0 Å². The van der Waals surface area contributed by atoms with Crippen LogP contribution >= 0.6 is 0 Å². The highest BCUT2D eigenvalue weighted by molar-refractivity contribution is 6.04. The van der Waals surface area contributed by atoms with E-state index < -0.39 is 0 Å².